The van der Waals surface area contributed by atoms with Crippen LogP contribution >= 0.6 is 0 Å². The molecule has 1 aromatic carbocycles. The first-order valence-electron chi connectivity index (χ1n) is 6.54. The monoisotopic (exact) mass is 248 g/mol. The van der Waals surface area contributed by atoms with E-state index < -0.39 is 5.97 Å². The van der Waals surface area contributed by atoms with Crippen LogP contribution < -0.4 is 0 Å². The molecule has 0 bridgehead atoms. The minimum absolute atomic E-state index is 0.380. The van der Waals surface area contributed by atoms with Gasteiger partial charge >= 0.3 is 5.97 Å². The zero-order valence-corrected chi connectivity index (χ0v) is 10.8. The summed E-state index contributed by atoms with van der Waals surface area (Å²) in [6.07, 6.45) is 2.69. The number of ether oxygens (including phenoxy) is 1. The molecule has 1 aromatic rings. The van der Waals surface area contributed by atoms with Gasteiger partial charge in [0, 0.05) is 13.2 Å². The number of carboxylic acid groups (broad SMARTS) is 1. The van der Waals surface area contributed by atoms with Gasteiger partial charge in [-0.15, -0.1) is 0 Å². The molecule has 0 radical (unpaired) electrons. The maximum absolute atomic E-state index is 11.5. The van der Waals surface area contributed by atoms with Crippen LogP contribution in [0.2, 0.25) is 0 Å². The molecule has 1 unspecified atom stereocenters. The van der Waals surface area contributed by atoms with E-state index in [0.29, 0.717) is 5.92 Å². The molecule has 1 atom stereocenters. The van der Waals surface area contributed by atoms with Crippen molar-refractivity contribution in [2.45, 2.75) is 32.1 Å². The summed E-state index contributed by atoms with van der Waals surface area (Å²) in [5.74, 6) is -0.621. The lowest BCUT2D eigenvalue weighted by atomic mass is 9.83. The molecule has 0 aromatic heterocycles. The maximum atomic E-state index is 11.5. The minimum Gasteiger partial charge on any atom is -0.481 e. The van der Waals surface area contributed by atoms with Crippen molar-refractivity contribution in [3.8, 4) is 0 Å². The van der Waals surface area contributed by atoms with Gasteiger partial charge in [0.25, 0.3) is 0 Å². The molecule has 0 spiro atoms. The van der Waals surface area contributed by atoms with E-state index in [0.717, 1.165) is 43.6 Å². The van der Waals surface area contributed by atoms with Crippen LogP contribution in [-0.4, -0.2) is 24.3 Å². The highest BCUT2D eigenvalue weighted by Gasteiger charge is 2.26. The number of hydrogen-bond acceptors (Lipinski definition) is 2. The molecule has 18 heavy (non-hydrogen) atoms. The number of aliphatic carboxylic acids is 1. The lowest BCUT2D eigenvalue weighted by Crippen LogP contribution is -2.22. The quantitative estimate of drug-likeness (QED) is 0.891. The van der Waals surface area contributed by atoms with Crippen molar-refractivity contribution >= 4 is 5.97 Å². The molecule has 0 aliphatic carbocycles. The predicted molar refractivity (Wildman–Crippen MR) is 69.7 cm³/mol. The highest BCUT2D eigenvalue weighted by molar-refractivity contribution is 5.76. The van der Waals surface area contributed by atoms with Crippen LogP contribution in [0.4, 0.5) is 0 Å². The fraction of sp³-hybridized carbons (Fsp3) is 0.533. The smallest absolute Gasteiger partial charge is 0.310 e. The molecule has 0 saturated carbocycles. The fourth-order valence-electron chi connectivity index (χ4n) is 2.65. The van der Waals surface area contributed by atoms with Gasteiger partial charge < -0.3 is 9.84 Å². The van der Waals surface area contributed by atoms with E-state index in [1.807, 2.05) is 31.2 Å². The zero-order chi connectivity index (χ0) is 13.0. The van der Waals surface area contributed by atoms with Crippen molar-refractivity contribution in [3.63, 3.8) is 0 Å². The van der Waals surface area contributed by atoms with E-state index in [1.54, 1.807) is 0 Å². The van der Waals surface area contributed by atoms with E-state index in [1.165, 1.54) is 0 Å². The van der Waals surface area contributed by atoms with Crippen molar-refractivity contribution in [1.29, 1.82) is 0 Å². The van der Waals surface area contributed by atoms with E-state index >= 15 is 0 Å². The third-order valence-electron chi connectivity index (χ3n) is 3.77. The summed E-state index contributed by atoms with van der Waals surface area (Å²) in [7, 11) is 0. The Balaban J connectivity index is 2.13. The molecule has 98 valence electrons. The predicted octanol–water partition coefficient (Wildman–Crippen LogP) is 2.98. The normalized spacial score (nSPS) is 18.5. The molecule has 0 amide bonds. The van der Waals surface area contributed by atoms with Gasteiger partial charge in [-0.1, -0.05) is 24.3 Å². The summed E-state index contributed by atoms with van der Waals surface area (Å²) in [6, 6.07) is 7.79. The summed E-state index contributed by atoms with van der Waals surface area (Å²) in [6.45, 7) is 3.52. The van der Waals surface area contributed by atoms with Crippen molar-refractivity contribution in [2.24, 2.45) is 5.92 Å². The van der Waals surface area contributed by atoms with Crippen LogP contribution in [0.3, 0.4) is 0 Å². The van der Waals surface area contributed by atoms with Crippen LogP contribution in [0.15, 0.2) is 24.3 Å². The van der Waals surface area contributed by atoms with Gasteiger partial charge in [0.05, 0.1) is 5.92 Å². The Kier molecular flexibility index (Phi) is 4.37. The maximum Gasteiger partial charge on any atom is 0.310 e. The van der Waals surface area contributed by atoms with E-state index in [2.05, 4.69) is 0 Å². The molecule has 2 rings (SSSR count). The largest absolute Gasteiger partial charge is 0.481 e. The van der Waals surface area contributed by atoms with E-state index in [-0.39, 0.29) is 5.92 Å². The molecule has 1 aliphatic rings. The van der Waals surface area contributed by atoms with Gasteiger partial charge in [-0.05, 0) is 43.2 Å². The first kappa shape index (κ1) is 13.1. The second-order valence-electron chi connectivity index (χ2n) is 5.04. The van der Waals surface area contributed by atoms with Gasteiger partial charge in [-0.2, -0.15) is 0 Å². The lowest BCUT2D eigenvalue weighted by molar-refractivity contribution is -0.139. The van der Waals surface area contributed by atoms with Gasteiger partial charge in [-0.3, -0.25) is 4.79 Å². The average Bonchev–Trinajstić information content (AvgIpc) is 2.38. The molecule has 1 saturated heterocycles. The van der Waals surface area contributed by atoms with Crippen molar-refractivity contribution in [3.05, 3.63) is 35.4 Å². The topological polar surface area (TPSA) is 46.5 Å². The Labute approximate surface area is 108 Å². The number of carboxylic acids is 1. The number of rotatable bonds is 4. The lowest BCUT2D eigenvalue weighted by Gasteiger charge is -2.25. The third kappa shape index (κ3) is 3.10. The highest BCUT2D eigenvalue weighted by Crippen LogP contribution is 2.31. The molecule has 1 N–H and O–H groups in total. The van der Waals surface area contributed by atoms with Gasteiger partial charge in [0.15, 0.2) is 0 Å². The molecule has 1 aliphatic heterocycles. The number of benzene rings is 1. The zero-order valence-electron chi connectivity index (χ0n) is 10.8. The standard InChI is InChI=1S/C15H20O3/c1-11-4-2-3-5-13(11)14(15(16)17)10-12-6-8-18-9-7-12/h2-5,12,14H,6-10H2,1H3,(H,16,17). The molecule has 3 heteroatoms. The fourth-order valence-corrected chi connectivity index (χ4v) is 2.65. The Bertz CT molecular complexity index is 408. The highest BCUT2D eigenvalue weighted by atomic mass is 16.5. The molecular formula is C15H20O3. The van der Waals surface area contributed by atoms with Gasteiger partial charge in [0.1, 0.15) is 0 Å². The molecule has 1 fully saturated rings. The number of aryl methyl sites for hydroxylation is 1. The minimum atomic E-state index is -0.712. The van der Waals surface area contributed by atoms with Crippen LogP contribution in [0.25, 0.3) is 0 Å². The summed E-state index contributed by atoms with van der Waals surface area (Å²) in [4.78, 5) is 11.5. The molecule has 1 heterocycles. The Morgan fingerprint density at radius 2 is 2.06 bits per heavy atom. The third-order valence-corrected chi connectivity index (χ3v) is 3.77. The van der Waals surface area contributed by atoms with Gasteiger partial charge in [0.2, 0.25) is 0 Å². The van der Waals surface area contributed by atoms with Crippen LogP contribution in [0, 0.1) is 12.8 Å². The first-order chi connectivity index (χ1) is 8.68. The number of hydrogen-bond donors (Lipinski definition) is 1. The Morgan fingerprint density at radius 1 is 1.39 bits per heavy atom. The van der Waals surface area contributed by atoms with Crippen LogP contribution in [-0.2, 0) is 9.53 Å². The van der Waals surface area contributed by atoms with E-state index in [4.69, 9.17) is 4.74 Å². The first-order valence-corrected chi connectivity index (χ1v) is 6.54. The Morgan fingerprint density at radius 3 is 2.67 bits per heavy atom. The van der Waals surface area contributed by atoms with Crippen molar-refractivity contribution < 1.29 is 14.6 Å². The summed E-state index contributed by atoms with van der Waals surface area (Å²) < 4.78 is 5.32. The summed E-state index contributed by atoms with van der Waals surface area (Å²) in [5, 5.41) is 9.45. The molecular weight excluding hydrogens is 228 g/mol. The van der Waals surface area contributed by atoms with E-state index in [9.17, 15) is 9.90 Å². The van der Waals surface area contributed by atoms with Crippen molar-refractivity contribution in [1.82, 2.24) is 0 Å². The Hall–Kier alpha value is -1.35. The number of carbonyl (C=O) groups is 1. The second kappa shape index (κ2) is 6.01. The summed E-state index contributed by atoms with van der Waals surface area (Å²) in [5.41, 5.74) is 2.02. The van der Waals surface area contributed by atoms with Gasteiger partial charge in [-0.25, -0.2) is 0 Å². The van der Waals surface area contributed by atoms with Crippen molar-refractivity contribution in [2.75, 3.05) is 13.2 Å². The SMILES string of the molecule is Cc1ccccc1C(CC1CCOCC1)C(=O)O. The molecule has 3 nitrogen and oxygen atoms in total. The average molecular weight is 248 g/mol. The second-order valence-corrected chi connectivity index (χ2v) is 5.04. The summed E-state index contributed by atoms with van der Waals surface area (Å²) >= 11 is 0. The van der Waals surface area contributed by atoms with Crippen LogP contribution in [0.1, 0.15) is 36.3 Å². The van der Waals surface area contributed by atoms with Crippen LogP contribution in [0.5, 0.6) is 0 Å².